The average molecular weight is 905 g/mol. The molecule has 1 rings (SSSR count). The maximum Gasteiger partial charge on any atom is 0.306 e. The van der Waals surface area contributed by atoms with Crippen LogP contribution in [0.4, 0.5) is 0 Å². The zero-order valence-corrected chi connectivity index (χ0v) is 40.1. The SMILES string of the molecule is CCCCCCCCCCCCC/C=C/CCC(=O)O[C@H](COC(=O)CCCCCCCCCCCCCCCCCCCCC)CO[C@H]1O[C@H](CS(=O)(=O)O)[C@@H](O)C(O)C1O. The van der Waals surface area contributed by atoms with Crippen molar-refractivity contribution >= 4 is 22.1 Å². The van der Waals surface area contributed by atoms with E-state index >= 15 is 0 Å². The Balaban J connectivity index is 2.38. The van der Waals surface area contributed by atoms with Crippen molar-refractivity contribution < 1.29 is 56.8 Å². The van der Waals surface area contributed by atoms with E-state index in [2.05, 4.69) is 19.9 Å². The number of hydrogen-bond donors (Lipinski definition) is 4. The Labute approximate surface area is 377 Å². The molecule has 0 spiro atoms. The molecule has 1 fully saturated rings. The van der Waals surface area contributed by atoms with E-state index in [1.54, 1.807) is 0 Å². The van der Waals surface area contributed by atoms with Gasteiger partial charge in [-0.3, -0.25) is 14.1 Å². The van der Waals surface area contributed by atoms with Gasteiger partial charge in [0.1, 0.15) is 36.8 Å². The molecule has 2 unspecified atom stereocenters. The van der Waals surface area contributed by atoms with Gasteiger partial charge in [-0.05, 0) is 25.7 Å². The highest BCUT2D eigenvalue weighted by Gasteiger charge is 2.46. The summed E-state index contributed by atoms with van der Waals surface area (Å²) in [5, 5.41) is 30.9. The summed E-state index contributed by atoms with van der Waals surface area (Å²) in [5.41, 5.74) is 0. The summed E-state index contributed by atoms with van der Waals surface area (Å²) in [6.07, 6.45) is 34.1. The Bertz CT molecular complexity index is 1200. The van der Waals surface area contributed by atoms with Crippen molar-refractivity contribution in [1.29, 1.82) is 0 Å². The standard InChI is InChI=1S/C49H92O12S/c1-3-5-7-9-11-13-15-17-19-20-21-22-24-25-27-29-31-33-35-37-44(50)58-39-42(40-59-49-48(54)47(53)46(52)43(61-49)41-62(55,56)57)60-45(51)38-36-34-32-30-28-26-23-18-16-14-12-10-8-6-4-2/h32,34,42-43,46-49,52-54H,3-31,33,35-41H2,1-2H3,(H,55,56,57)/b34-32+/t42-,43-,46-,47?,48?,49+/m1/s1. The monoisotopic (exact) mass is 905 g/mol. The molecule has 1 aliphatic heterocycles. The third-order valence-corrected chi connectivity index (χ3v) is 12.6. The minimum atomic E-state index is -4.60. The summed E-state index contributed by atoms with van der Waals surface area (Å²) >= 11 is 0. The third-order valence-electron chi connectivity index (χ3n) is 11.9. The van der Waals surface area contributed by atoms with Crippen LogP contribution in [0, 0.1) is 0 Å². The number of ether oxygens (including phenoxy) is 4. The highest BCUT2D eigenvalue weighted by Crippen LogP contribution is 2.24. The van der Waals surface area contributed by atoms with Crippen LogP contribution in [0.1, 0.15) is 232 Å². The molecule has 4 N–H and O–H groups in total. The first-order valence-corrected chi connectivity index (χ1v) is 26.9. The summed E-state index contributed by atoms with van der Waals surface area (Å²) in [7, 11) is -4.60. The topological polar surface area (TPSA) is 186 Å². The van der Waals surface area contributed by atoms with Gasteiger partial charge in [0, 0.05) is 12.8 Å². The molecule has 0 radical (unpaired) electrons. The van der Waals surface area contributed by atoms with Gasteiger partial charge in [-0.2, -0.15) is 8.42 Å². The Morgan fingerprint density at radius 1 is 0.532 bits per heavy atom. The molecule has 0 bridgehead atoms. The lowest BCUT2D eigenvalue weighted by Crippen LogP contribution is -2.60. The molecule has 366 valence electrons. The van der Waals surface area contributed by atoms with Gasteiger partial charge in [-0.1, -0.05) is 206 Å². The minimum Gasteiger partial charge on any atom is -0.462 e. The molecule has 0 amide bonds. The highest BCUT2D eigenvalue weighted by molar-refractivity contribution is 7.85. The van der Waals surface area contributed by atoms with E-state index in [-0.39, 0.29) is 19.4 Å². The zero-order valence-electron chi connectivity index (χ0n) is 39.2. The van der Waals surface area contributed by atoms with Gasteiger partial charge in [0.05, 0.1) is 6.61 Å². The number of unbranched alkanes of at least 4 members (excludes halogenated alkanes) is 29. The number of carbonyl (C=O) groups is 2. The quantitative estimate of drug-likeness (QED) is 0.0197. The molecule has 0 aromatic rings. The van der Waals surface area contributed by atoms with Crippen molar-refractivity contribution in [3.63, 3.8) is 0 Å². The molecule has 0 aromatic carbocycles. The summed E-state index contributed by atoms with van der Waals surface area (Å²) in [6.45, 7) is 3.77. The molecule has 6 atom stereocenters. The van der Waals surface area contributed by atoms with Crippen LogP contribution in [0.15, 0.2) is 12.2 Å². The number of hydrogen-bond acceptors (Lipinski definition) is 11. The van der Waals surface area contributed by atoms with Crippen LogP contribution in [-0.4, -0.2) is 96.0 Å². The van der Waals surface area contributed by atoms with Crippen LogP contribution in [0.25, 0.3) is 0 Å². The van der Waals surface area contributed by atoms with E-state index in [0.717, 1.165) is 32.1 Å². The second kappa shape index (κ2) is 39.7. The van der Waals surface area contributed by atoms with Crippen LogP contribution in [0.3, 0.4) is 0 Å². The summed E-state index contributed by atoms with van der Waals surface area (Å²) in [6, 6.07) is 0. The van der Waals surface area contributed by atoms with Crippen molar-refractivity contribution in [1.82, 2.24) is 0 Å². The molecule has 0 aromatic heterocycles. The minimum absolute atomic E-state index is 0.0858. The molecule has 12 nitrogen and oxygen atoms in total. The van der Waals surface area contributed by atoms with Crippen LogP contribution < -0.4 is 0 Å². The lowest BCUT2D eigenvalue weighted by molar-refractivity contribution is -0.297. The molecule has 13 heteroatoms. The second-order valence-electron chi connectivity index (χ2n) is 17.8. The van der Waals surface area contributed by atoms with Crippen LogP contribution in [0.5, 0.6) is 0 Å². The van der Waals surface area contributed by atoms with Crippen molar-refractivity contribution in [3.05, 3.63) is 12.2 Å². The van der Waals surface area contributed by atoms with E-state index in [4.69, 9.17) is 18.9 Å². The zero-order chi connectivity index (χ0) is 45.5. The first-order valence-electron chi connectivity index (χ1n) is 25.2. The molecule has 62 heavy (non-hydrogen) atoms. The second-order valence-corrected chi connectivity index (χ2v) is 19.3. The number of esters is 2. The predicted molar refractivity (Wildman–Crippen MR) is 247 cm³/mol. The number of rotatable bonds is 43. The van der Waals surface area contributed by atoms with Gasteiger partial charge in [0.25, 0.3) is 10.1 Å². The Morgan fingerprint density at radius 2 is 0.952 bits per heavy atom. The van der Waals surface area contributed by atoms with Gasteiger partial charge < -0.3 is 34.3 Å². The van der Waals surface area contributed by atoms with Gasteiger partial charge in [-0.25, -0.2) is 0 Å². The van der Waals surface area contributed by atoms with E-state index in [1.807, 2.05) is 6.08 Å². The number of allylic oxidation sites excluding steroid dienone is 2. The first kappa shape index (κ1) is 58.4. The van der Waals surface area contributed by atoms with E-state index in [0.29, 0.717) is 12.8 Å². The first-order chi connectivity index (χ1) is 30.0. The van der Waals surface area contributed by atoms with E-state index < -0.39 is 71.2 Å². The van der Waals surface area contributed by atoms with Gasteiger partial charge in [0.2, 0.25) is 0 Å². The van der Waals surface area contributed by atoms with E-state index in [9.17, 15) is 37.9 Å². The number of carbonyl (C=O) groups excluding carboxylic acids is 2. The maximum absolute atomic E-state index is 12.8. The fraction of sp³-hybridized carbons (Fsp3) is 0.918. The fourth-order valence-electron chi connectivity index (χ4n) is 7.93. The lowest BCUT2D eigenvalue weighted by atomic mass is 10.00. The number of aliphatic hydroxyl groups excluding tert-OH is 3. The third kappa shape index (κ3) is 33.8. The van der Waals surface area contributed by atoms with Crippen LogP contribution >= 0.6 is 0 Å². The molecule has 1 aliphatic rings. The lowest BCUT2D eigenvalue weighted by Gasteiger charge is -2.40. The molecule has 0 aliphatic carbocycles. The molecular weight excluding hydrogens is 813 g/mol. The molecule has 0 saturated carbocycles. The highest BCUT2D eigenvalue weighted by atomic mass is 32.2. The Kier molecular flexibility index (Phi) is 37.4. The van der Waals surface area contributed by atoms with Crippen LogP contribution in [-0.2, 0) is 38.7 Å². The Morgan fingerprint density at radius 3 is 1.40 bits per heavy atom. The van der Waals surface area contributed by atoms with Crippen LogP contribution in [0.2, 0.25) is 0 Å². The predicted octanol–water partition coefficient (Wildman–Crippen LogP) is 11.0. The van der Waals surface area contributed by atoms with Gasteiger partial charge >= 0.3 is 11.9 Å². The van der Waals surface area contributed by atoms with E-state index in [1.165, 1.54) is 161 Å². The summed E-state index contributed by atoms with van der Waals surface area (Å²) in [5.74, 6) is -2.03. The maximum atomic E-state index is 12.8. The van der Waals surface area contributed by atoms with Crippen molar-refractivity contribution in [2.45, 2.75) is 269 Å². The average Bonchev–Trinajstić information content (AvgIpc) is 3.24. The normalized spacial score (nSPS) is 19.9. The van der Waals surface area contributed by atoms with Gasteiger partial charge in [0.15, 0.2) is 12.4 Å². The largest absolute Gasteiger partial charge is 0.462 e. The Hall–Kier alpha value is -1.61. The fourth-order valence-corrected chi connectivity index (χ4v) is 8.62. The molecule has 1 saturated heterocycles. The summed E-state index contributed by atoms with van der Waals surface area (Å²) in [4.78, 5) is 25.5. The smallest absolute Gasteiger partial charge is 0.306 e. The number of aliphatic hydroxyl groups is 3. The van der Waals surface area contributed by atoms with Crippen molar-refractivity contribution in [2.75, 3.05) is 19.0 Å². The molecule has 1 heterocycles. The molecular formula is C49H92O12S. The summed E-state index contributed by atoms with van der Waals surface area (Å²) < 4.78 is 54.1. The van der Waals surface area contributed by atoms with Crippen molar-refractivity contribution in [2.24, 2.45) is 0 Å². The van der Waals surface area contributed by atoms with Crippen molar-refractivity contribution in [3.8, 4) is 0 Å². The van der Waals surface area contributed by atoms with Gasteiger partial charge in [-0.15, -0.1) is 0 Å².